The van der Waals surface area contributed by atoms with Gasteiger partial charge in [0.1, 0.15) is 0 Å². The van der Waals surface area contributed by atoms with E-state index in [1.807, 2.05) is 18.2 Å². The van der Waals surface area contributed by atoms with Crippen molar-refractivity contribution in [3.05, 3.63) is 132 Å². The number of hydrogen-bond donors (Lipinski definition) is 0. The molecule has 3 aromatic heterocycles. The van der Waals surface area contributed by atoms with Crippen molar-refractivity contribution in [2.24, 2.45) is 0 Å². The zero-order valence-corrected chi connectivity index (χ0v) is 26.9. The van der Waals surface area contributed by atoms with E-state index in [1.165, 1.54) is 78.7 Å². The lowest BCUT2D eigenvalue weighted by molar-refractivity contribution is 0.595. The van der Waals surface area contributed by atoms with Crippen molar-refractivity contribution >= 4 is 69.7 Å². The third-order valence-corrected chi connectivity index (χ3v) is 11.4. The molecule has 9 aromatic rings. The Labute approximate surface area is 271 Å². The molecule has 3 heterocycles. The fourth-order valence-corrected chi connectivity index (χ4v) is 8.83. The van der Waals surface area contributed by atoms with Crippen LogP contribution in [0.2, 0.25) is 0 Å². The molecule has 0 unspecified atom stereocenters. The van der Waals surface area contributed by atoms with Crippen LogP contribution < -0.4 is 0 Å². The Morgan fingerprint density at radius 3 is 1.81 bits per heavy atom. The summed E-state index contributed by atoms with van der Waals surface area (Å²) in [6.07, 6.45) is 0. The highest BCUT2D eigenvalue weighted by molar-refractivity contribution is 7.91. The van der Waals surface area contributed by atoms with Crippen LogP contribution in [0.5, 0.6) is 0 Å². The summed E-state index contributed by atoms with van der Waals surface area (Å²) in [5.41, 5.74) is 8.15. The van der Waals surface area contributed by atoms with E-state index in [0.717, 1.165) is 16.7 Å². The summed E-state index contributed by atoms with van der Waals surface area (Å²) < 4.78 is 31.8. The molecular formula is C41H29N3O2S. The number of nitriles is 1. The number of para-hydroxylation sites is 2. The quantitative estimate of drug-likeness (QED) is 0.196. The van der Waals surface area contributed by atoms with Crippen LogP contribution in [-0.4, -0.2) is 17.4 Å². The second-order valence-corrected chi connectivity index (χ2v) is 15.3. The van der Waals surface area contributed by atoms with E-state index in [-0.39, 0.29) is 15.2 Å². The van der Waals surface area contributed by atoms with E-state index < -0.39 is 9.84 Å². The molecule has 5 nitrogen and oxygen atoms in total. The van der Waals surface area contributed by atoms with Crippen molar-refractivity contribution in [1.29, 1.82) is 5.26 Å². The van der Waals surface area contributed by atoms with Crippen LogP contribution in [0.4, 0.5) is 0 Å². The van der Waals surface area contributed by atoms with Gasteiger partial charge in [-0.3, -0.25) is 0 Å². The molecule has 0 N–H and O–H groups in total. The van der Waals surface area contributed by atoms with Gasteiger partial charge >= 0.3 is 0 Å². The maximum absolute atomic E-state index is 13.5. The van der Waals surface area contributed by atoms with E-state index in [4.69, 9.17) is 5.26 Å². The molecule has 0 fully saturated rings. The highest BCUT2D eigenvalue weighted by Crippen LogP contribution is 2.47. The molecular weight excluding hydrogens is 599 g/mol. The Morgan fingerprint density at radius 2 is 1.15 bits per heavy atom. The molecule has 6 heteroatoms. The third-order valence-electron chi connectivity index (χ3n) is 9.65. The number of sulfone groups is 1. The maximum atomic E-state index is 13.5. The summed E-state index contributed by atoms with van der Waals surface area (Å²) >= 11 is 0. The Hall–Kier alpha value is -5.64. The molecule has 0 aliphatic carbocycles. The standard InChI is InChI=1S/C41H29N3O2S/c1-41(2,3)32-21-23-35-38-37(32)31-9-5-7-11-34(31)44-33-10-6-4-8-29(33)30-20-22-36(39(38)40(30)44)43(35)26-14-18-28(19-15-26)47(45,46)27-16-12-25(24-42)13-17-27/h4-23H,1-3H3. The Bertz CT molecular complexity index is 2880. The first-order valence-corrected chi connectivity index (χ1v) is 17.2. The molecule has 6 aromatic carbocycles. The van der Waals surface area contributed by atoms with E-state index in [0.29, 0.717) is 5.56 Å². The van der Waals surface area contributed by atoms with Crippen molar-refractivity contribution in [3.8, 4) is 11.8 Å². The van der Waals surface area contributed by atoms with E-state index >= 15 is 0 Å². The summed E-state index contributed by atoms with van der Waals surface area (Å²) in [5, 5.41) is 16.4. The van der Waals surface area contributed by atoms with Gasteiger partial charge in [-0.2, -0.15) is 5.26 Å². The lowest BCUT2D eigenvalue weighted by Gasteiger charge is -2.22. The van der Waals surface area contributed by atoms with Crippen molar-refractivity contribution in [2.75, 3.05) is 0 Å². The van der Waals surface area contributed by atoms with Crippen LogP contribution >= 0.6 is 0 Å². The van der Waals surface area contributed by atoms with Crippen LogP contribution in [0.15, 0.2) is 131 Å². The molecule has 9 rings (SSSR count). The Kier molecular flexibility index (Phi) is 5.56. The van der Waals surface area contributed by atoms with Crippen LogP contribution in [0.3, 0.4) is 0 Å². The number of nitrogens with zero attached hydrogens (tertiary/aromatic N) is 3. The monoisotopic (exact) mass is 627 g/mol. The molecule has 0 amide bonds. The largest absolute Gasteiger partial charge is 0.309 e. The van der Waals surface area contributed by atoms with Crippen LogP contribution in [0.1, 0.15) is 31.9 Å². The van der Waals surface area contributed by atoms with Crippen LogP contribution in [-0.2, 0) is 15.3 Å². The second kappa shape index (κ2) is 9.45. The average molecular weight is 628 g/mol. The highest BCUT2D eigenvalue weighted by Gasteiger charge is 2.27. The molecule has 226 valence electrons. The summed E-state index contributed by atoms with van der Waals surface area (Å²) in [5.74, 6) is 0. The minimum absolute atomic E-state index is 0.110. The molecule has 0 aliphatic heterocycles. The first-order chi connectivity index (χ1) is 22.7. The fourth-order valence-electron chi connectivity index (χ4n) is 7.57. The van der Waals surface area contributed by atoms with Crippen molar-refractivity contribution in [3.63, 3.8) is 0 Å². The van der Waals surface area contributed by atoms with Gasteiger partial charge in [0, 0.05) is 32.6 Å². The predicted octanol–water partition coefficient (Wildman–Crippen LogP) is 9.94. The van der Waals surface area contributed by atoms with Gasteiger partial charge in [0.15, 0.2) is 0 Å². The van der Waals surface area contributed by atoms with Gasteiger partial charge in [0.05, 0.1) is 49.0 Å². The molecule has 0 atom stereocenters. The lowest BCUT2D eigenvalue weighted by Crippen LogP contribution is -2.11. The fraction of sp³-hybridized carbons (Fsp3) is 0.0976. The number of hydrogen-bond acceptors (Lipinski definition) is 3. The topological polar surface area (TPSA) is 67.3 Å². The third kappa shape index (κ3) is 3.72. The molecule has 0 aliphatic rings. The Morgan fingerprint density at radius 1 is 0.574 bits per heavy atom. The molecule has 0 bridgehead atoms. The smallest absolute Gasteiger partial charge is 0.206 e. The lowest BCUT2D eigenvalue weighted by atomic mass is 9.82. The van der Waals surface area contributed by atoms with Crippen molar-refractivity contribution in [1.82, 2.24) is 8.97 Å². The average Bonchev–Trinajstić information content (AvgIpc) is 3.56. The summed E-state index contributed by atoms with van der Waals surface area (Å²) in [6.45, 7) is 6.82. The number of rotatable bonds is 3. The van der Waals surface area contributed by atoms with Crippen molar-refractivity contribution < 1.29 is 8.42 Å². The summed E-state index contributed by atoms with van der Waals surface area (Å²) in [6, 6.07) is 41.6. The summed E-state index contributed by atoms with van der Waals surface area (Å²) in [4.78, 5) is 0.372. The summed E-state index contributed by atoms with van der Waals surface area (Å²) in [7, 11) is -3.76. The number of benzene rings is 6. The minimum atomic E-state index is -3.76. The van der Waals surface area contributed by atoms with E-state index in [2.05, 4.69) is 103 Å². The van der Waals surface area contributed by atoms with Gasteiger partial charge in [0.2, 0.25) is 9.84 Å². The Balaban J connectivity index is 1.41. The first kappa shape index (κ1) is 27.7. The molecule has 47 heavy (non-hydrogen) atoms. The molecule has 0 saturated heterocycles. The van der Waals surface area contributed by atoms with Crippen molar-refractivity contribution in [2.45, 2.75) is 36.0 Å². The number of fused-ring (bicyclic) bond motifs is 6. The van der Waals surface area contributed by atoms with Gasteiger partial charge < -0.3 is 8.97 Å². The van der Waals surface area contributed by atoms with Gasteiger partial charge in [-0.15, -0.1) is 0 Å². The molecule has 0 saturated carbocycles. The SMILES string of the molecule is CC(C)(C)c1ccc2c3c1c1ccccc1n1c4ccccc4c4ccc(c3c41)n2-c1ccc(S(=O)(=O)c2ccc(C#N)cc2)cc1. The number of aromatic nitrogens is 2. The molecule has 0 radical (unpaired) electrons. The maximum Gasteiger partial charge on any atom is 0.206 e. The normalized spacial score (nSPS) is 12.7. The van der Waals surface area contributed by atoms with E-state index in [9.17, 15) is 8.42 Å². The first-order valence-electron chi connectivity index (χ1n) is 15.7. The van der Waals surface area contributed by atoms with E-state index in [1.54, 1.807) is 12.1 Å². The predicted molar refractivity (Wildman–Crippen MR) is 191 cm³/mol. The highest BCUT2D eigenvalue weighted by atomic mass is 32.2. The van der Waals surface area contributed by atoms with Gasteiger partial charge in [-0.1, -0.05) is 69.3 Å². The second-order valence-electron chi connectivity index (χ2n) is 13.3. The molecule has 0 spiro atoms. The zero-order chi connectivity index (χ0) is 32.2. The minimum Gasteiger partial charge on any atom is -0.309 e. The van der Waals surface area contributed by atoms with Crippen LogP contribution in [0.25, 0.3) is 65.6 Å². The van der Waals surface area contributed by atoms with Crippen LogP contribution in [0, 0.1) is 11.3 Å². The zero-order valence-electron chi connectivity index (χ0n) is 26.1. The van der Waals surface area contributed by atoms with Gasteiger partial charge in [-0.05, 0) is 89.2 Å². The van der Waals surface area contributed by atoms with Gasteiger partial charge in [-0.25, -0.2) is 8.42 Å². The van der Waals surface area contributed by atoms with Gasteiger partial charge in [0.25, 0.3) is 0 Å².